The molecule has 1 N–H and O–H groups in total. The molecule has 1 aliphatic carbocycles. The summed E-state index contributed by atoms with van der Waals surface area (Å²) in [6.07, 6.45) is 7.53. The molecule has 3 aromatic heterocycles. The monoisotopic (exact) mass is 482 g/mol. The number of rotatable bonds is 6. The third-order valence-electron chi connectivity index (χ3n) is 6.76. The highest BCUT2D eigenvalue weighted by Crippen LogP contribution is 2.39. The minimum Gasteiger partial charge on any atom is -0.315 e. The van der Waals surface area contributed by atoms with Crippen LogP contribution < -0.4 is 5.32 Å². The molecule has 10 heteroatoms. The molecule has 0 radical (unpaired) electrons. The second-order valence-electron chi connectivity index (χ2n) is 9.30. The van der Waals surface area contributed by atoms with Crippen molar-refractivity contribution in [2.45, 2.75) is 44.6 Å². The lowest BCUT2D eigenvalue weighted by atomic mass is 10.1. The molecule has 0 spiro atoms. The summed E-state index contributed by atoms with van der Waals surface area (Å²) in [6, 6.07) is 8.09. The number of aromatic nitrogens is 6. The van der Waals surface area contributed by atoms with Gasteiger partial charge in [0.2, 0.25) is 6.54 Å². The van der Waals surface area contributed by atoms with Crippen LogP contribution in [0.15, 0.2) is 42.9 Å². The minimum atomic E-state index is -0.607. The molecule has 0 unspecified atom stereocenters. The number of fused-ring (bicyclic) bond motifs is 1. The van der Waals surface area contributed by atoms with Gasteiger partial charge in [0.1, 0.15) is 29.2 Å². The smallest absolute Gasteiger partial charge is 0.259 e. The van der Waals surface area contributed by atoms with Crippen molar-refractivity contribution < 1.29 is 9.18 Å². The number of nitrogens with one attached hydrogen (secondary N) is 1. The Morgan fingerprint density at radius 1 is 1.25 bits per heavy atom. The Kier molecular flexibility index (Phi) is 5.33. The number of aryl methyl sites for hydroxylation is 2. The Bertz CT molecular complexity index is 1530. The first-order valence-electron chi connectivity index (χ1n) is 11.9. The molecule has 9 nitrogen and oxygen atoms in total. The van der Waals surface area contributed by atoms with Gasteiger partial charge < -0.3 is 14.7 Å². The van der Waals surface area contributed by atoms with Gasteiger partial charge in [-0.2, -0.15) is 0 Å². The molecule has 1 fully saturated rings. The summed E-state index contributed by atoms with van der Waals surface area (Å²) in [6.45, 7) is 9.38. The molecule has 180 valence electrons. The van der Waals surface area contributed by atoms with Gasteiger partial charge in [0.15, 0.2) is 5.82 Å². The van der Waals surface area contributed by atoms with Crippen LogP contribution in [0.4, 0.5) is 10.2 Å². The fourth-order valence-corrected chi connectivity index (χ4v) is 4.74. The number of carbonyl (C=O) groups excluding carboxylic acids is 1. The molecule has 6 rings (SSSR count). The first-order valence-corrected chi connectivity index (χ1v) is 11.9. The Hall–Kier alpha value is -4.39. The van der Waals surface area contributed by atoms with Crippen molar-refractivity contribution in [2.24, 2.45) is 0 Å². The number of imidazole rings is 1. The van der Waals surface area contributed by atoms with Gasteiger partial charge in [0.25, 0.3) is 5.91 Å². The molecule has 1 amide bonds. The van der Waals surface area contributed by atoms with Crippen LogP contribution in [-0.2, 0) is 6.42 Å². The Morgan fingerprint density at radius 2 is 2.11 bits per heavy atom. The predicted molar refractivity (Wildman–Crippen MR) is 130 cm³/mol. The molecule has 2 aliphatic rings. The molecule has 4 heterocycles. The Balaban J connectivity index is 1.27. The fourth-order valence-electron chi connectivity index (χ4n) is 4.74. The zero-order valence-corrected chi connectivity index (χ0v) is 19.6. The van der Waals surface area contributed by atoms with Gasteiger partial charge in [0.05, 0.1) is 23.3 Å². The van der Waals surface area contributed by atoms with E-state index in [4.69, 9.17) is 6.57 Å². The maximum atomic E-state index is 14.9. The van der Waals surface area contributed by atoms with Crippen LogP contribution in [0.2, 0.25) is 0 Å². The van der Waals surface area contributed by atoms with E-state index in [0.717, 1.165) is 37.2 Å². The number of halogens is 1. The van der Waals surface area contributed by atoms with Crippen LogP contribution >= 0.6 is 0 Å². The molecule has 1 aromatic carbocycles. The number of nitrogens with zero attached hydrogens (tertiary/aromatic N) is 7. The van der Waals surface area contributed by atoms with Crippen molar-refractivity contribution in [3.63, 3.8) is 0 Å². The normalized spacial score (nSPS) is 16.5. The lowest BCUT2D eigenvalue weighted by Crippen LogP contribution is -2.16. The zero-order valence-electron chi connectivity index (χ0n) is 19.6. The number of hydrogen-bond acceptors (Lipinski definition) is 5. The SMILES string of the molecule is [C-]#[N+]C[C@H]1CCc2nnc(-c3cccc(NC(=O)c4cc(-n5cnc(C6CC6)c5)c(C)cc4F)n3)n21. The Labute approximate surface area is 206 Å². The van der Waals surface area contributed by atoms with Crippen molar-refractivity contribution >= 4 is 11.7 Å². The Morgan fingerprint density at radius 3 is 2.92 bits per heavy atom. The fraction of sp³-hybridized carbons (Fsp3) is 0.308. The number of hydrogen-bond donors (Lipinski definition) is 1. The van der Waals surface area contributed by atoms with Gasteiger partial charge in [-0.15, -0.1) is 10.2 Å². The number of benzene rings is 1. The largest absolute Gasteiger partial charge is 0.315 e. The van der Waals surface area contributed by atoms with Gasteiger partial charge >= 0.3 is 0 Å². The summed E-state index contributed by atoms with van der Waals surface area (Å²) >= 11 is 0. The predicted octanol–water partition coefficient (Wildman–Crippen LogP) is 4.51. The van der Waals surface area contributed by atoms with E-state index >= 15 is 0 Å². The lowest BCUT2D eigenvalue weighted by molar-refractivity contribution is 0.102. The molecule has 4 aromatic rings. The molecule has 1 saturated carbocycles. The number of carbonyl (C=O) groups is 1. The van der Waals surface area contributed by atoms with Crippen molar-refractivity contribution in [3.05, 3.63) is 82.7 Å². The standard InChI is InChI=1S/C26H23FN8O/c1-15-10-19(27)18(11-22(15)34-13-21(29-14-34)16-6-7-16)26(36)31-23-5-3-4-20(30-23)25-33-32-24-9-8-17(12-28-2)35(24)25/h3-5,10-11,13-14,16-17H,6-9,12H2,1H3,(H,30,31,36)/t17-/m1/s1. The lowest BCUT2D eigenvalue weighted by Gasteiger charge is -2.12. The van der Waals surface area contributed by atoms with Gasteiger partial charge in [0, 0.05) is 18.5 Å². The van der Waals surface area contributed by atoms with Crippen molar-refractivity contribution in [1.29, 1.82) is 0 Å². The molecule has 1 aliphatic heterocycles. The van der Waals surface area contributed by atoms with E-state index in [1.165, 1.54) is 6.07 Å². The van der Waals surface area contributed by atoms with E-state index < -0.39 is 11.7 Å². The highest BCUT2D eigenvalue weighted by molar-refractivity contribution is 6.04. The average molecular weight is 483 g/mol. The van der Waals surface area contributed by atoms with Gasteiger partial charge in [-0.3, -0.25) is 9.36 Å². The number of anilines is 1. The van der Waals surface area contributed by atoms with Gasteiger partial charge in [-0.05, 0) is 56.0 Å². The van der Waals surface area contributed by atoms with Crippen LogP contribution in [0, 0.1) is 19.3 Å². The number of pyridine rings is 1. The summed E-state index contributed by atoms with van der Waals surface area (Å²) < 4.78 is 18.7. The highest BCUT2D eigenvalue weighted by Gasteiger charge is 2.30. The third kappa shape index (κ3) is 3.92. The summed E-state index contributed by atoms with van der Waals surface area (Å²) in [5, 5.41) is 11.2. The number of amides is 1. The van der Waals surface area contributed by atoms with Crippen LogP contribution in [0.3, 0.4) is 0 Å². The van der Waals surface area contributed by atoms with Crippen LogP contribution in [-0.4, -0.2) is 41.8 Å². The third-order valence-corrected chi connectivity index (χ3v) is 6.76. The maximum Gasteiger partial charge on any atom is 0.259 e. The van der Waals surface area contributed by atoms with Crippen molar-refractivity contribution in [1.82, 2.24) is 29.3 Å². The molecule has 36 heavy (non-hydrogen) atoms. The van der Waals surface area contributed by atoms with Crippen LogP contribution in [0.5, 0.6) is 0 Å². The first-order chi connectivity index (χ1) is 17.5. The van der Waals surface area contributed by atoms with Crippen molar-refractivity contribution in [2.75, 3.05) is 11.9 Å². The second-order valence-corrected chi connectivity index (χ2v) is 9.30. The maximum absolute atomic E-state index is 14.9. The summed E-state index contributed by atoms with van der Waals surface area (Å²) in [7, 11) is 0. The minimum absolute atomic E-state index is 0.00577. The molecule has 0 saturated heterocycles. The van der Waals surface area contributed by atoms with E-state index in [9.17, 15) is 9.18 Å². The van der Waals surface area contributed by atoms with E-state index in [0.29, 0.717) is 35.2 Å². The summed E-state index contributed by atoms with van der Waals surface area (Å²) in [5.74, 6) is 0.949. The van der Waals surface area contributed by atoms with E-state index in [2.05, 4.69) is 30.3 Å². The zero-order chi connectivity index (χ0) is 24.8. The molecular weight excluding hydrogens is 459 g/mol. The van der Waals surface area contributed by atoms with Gasteiger partial charge in [-0.25, -0.2) is 20.9 Å². The van der Waals surface area contributed by atoms with E-state index in [-0.39, 0.29) is 17.4 Å². The van der Waals surface area contributed by atoms with Crippen molar-refractivity contribution in [3.8, 4) is 17.2 Å². The van der Waals surface area contributed by atoms with E-state index in [1.54, 1.807) is 37.5 Å². The molecule has 1 atom stereocenters. The van der Waals surface area contributed by atoms with E-state index in [1.807, 2.05) is 15.3 Å². The van der Waals surface area contributed by atoms with Crippen LogP contribution in [0.1, 0.15) is 58.7 Å². The van der Waals surface area contributed by atoms with Crippen LogP contribution in [0.25, 0.3) is 22.1 Å². The topological polar surface area (TPSA) is 94.9 Å². The molecular formula is C26H23FN8O. The average Bonchev–Trinajstić information content (AvgIpc) is 3.25. The second kappa shape index (κ2) is 8.68. The summed E-state index contributed by atoms with van der Waals surface area (Å²) in [4.78, 5) is 25.6. The highest BCUT2D eigenvalue weighted by atomic mass is 19.1. The quantitative estimate of drug-likeness (QED) is 0.408. The first kappa shape index (κ1) is 22.1. The summed E-state index contributed by atoms with van der Waals surface area (Å²) in [5.41, 5.74) is 2.87. The van der Waals surface area contributed by atoms with Gasteiger partial charge in [-0.1, -0.05) is 6.07 Å². The molecule has 0 bridgehead atoms.